The third-order valence-electron chi connectivity index (χ3n) is 3.93. The first-order valence-corrected chi connectivity index (χ1v) is 8.77. The summed E-state index contributed by atoms with van der Waals surface area (Å²) in [5.74, 6) is -1.45. The zero-order chi connectivity index (χ0) is 22.3. The lowest BCUT2D eigenvalue weighted by Gasteiger charge is -2.11. The molecule has 3 aromatic rings. The molecule has 3 nitrogen and oxygen atoms in total. The van der Waals surface area contributed by atoms with E-state index in [0.717, 1.165) is 36.4 Å². The van der Waals surface area contributed by atoms with Crippen molar-refractivity contribution in [2.45, 2.75) is 12.4 Å². The van der Waals surface area contributed by atoms with E-state index in [9.17, 15) is 31.1 Å². The average molecular weight is 468 g/mol. The lowest BCUT2D eigenvalue weighted by atomic mass is 10.1. The van der Waals surface area contributed by atoms with E-state index in [2.05, 4.69) is 5.32 Å². The van der Waals surface area contributed by atoms with Crippen LogP contribution in [0.3, 0.4) is 0 Å². The van der Waals surface area contributed by atoms with Crippen molar-refractivity contribution in [1.82, 2.24) is 0 Å². The van der Waals surface area contributed by atoms with E-state index in [1.54, 1.807) is 0 Å². The van der Waals surface area contributed by atoms with Crippen LogP contribution >= 0.6 is 23.2 Å². The molecule has 0 radical (unpaired) electrons. The molecule has 1 amide bonds. The summed E-state index contributed by atoms with van der Waals surface area (Å²) in [6, 6.07) is 7.30. The zero-order valence-electron chi connectivity index (χ0n) is 14.5. The third kappa shape index (κ3) is 4.73. The predicted molar refractivity (Wildman–Crippen MR) is 98.6 cm³/mol. The number of carbonyl (C=O) groups is 1. The van der Waals surface area contributed by atoms with Gasteiger partial charge < -0.3 is 9.73 Å². The molecule has 1 heterocycles. The van der Waals surface area contributed by atoms with Gasteiger partial charge >= 0.3 is 12.4 Å². The van der Waals surface area contributed by atoms with Crippen molar-refractivity contribution >= 4 is 34.8 Å². The molecule has 0 saturated carbocycles. The second-order valence-corrected chi connectivity index (χ2v) is 6.82. The van der Waals surface area contributed by atoms with Crippen LogP contribution in [0.25, 0.3) is 11.3 Å². The smallest absolute Gasteiger partial charge is 0.416 e. The second-order valence-electron chi connectivity index (χ2n) is 6.00. The number of anilines is 1. The number of alkyl halides is 6. The van der Waals surface area contributed by atoms with E-state index in [0.29, 0.717) is 6.07 Å². The molecule has 0 fully saturated rings. The number of furan rings is 1. The van der Waals surface area contributed by atoms with Gasteiger partial charge in [-0.2, -0.15) is 26.3 Å². The number of carbonyl (C=O) groups excluding carboxylic acids is 1. The topological polar surface area (TPSA) is 42.2 Å². The molecule has 0 aliphatic heterocycles. The first-order chi connectivity index (χ1) is 13.9. The highest BCUT2D eigenvalue weighted by atomic mass is 35.5. The molecule has 0 aliphatic rings. The Balaban J connectivity index is 1.88. The molecule has 2 aromatic carbocycles. The molecule has 30 heavy (non-hydrogen) atoms. The molecule has 0 atom stereocenters. The number of amides is 1. The van der Waals surface area contributed by atoms with Crippen molar-refractivity contribution in [2.75, 3.05) is 5.32 Å². The average Bonchev–Trinajstić information content (AvgIpc) is 3.12. The van der Waals surface area contributed by atoms with Gasteiger partial charge in [-0.3, -0.25) is 4.79 Å². The first-order valence-electron chi connectivity index (χ1n) is 8.01. The summed E-state index contributed by atoms with van der Waals surface area (Å²) in [6.07, 6.45) is -9.27. The summed E-state index contributed by atoms with van der Waals surface area (Å²) in [6.45, 7) is 0. The van der Waals surface area contributed by atoms with Crippen molar-refractivity contribution in [3.63, 3.8) is 0 Å². The Morgan fingerprint density at radius 3 is 1.97 bits per heavy atom. The molecule has 3 rings (SSSR count). The maximum Gasteiger partial charge on any atom is 0.416 e. The van der Waals surface area contributed by atoms with E-state index in [4.69, 9.17) is 27.6 Å². The highest BCUT2D eigenvalue weighted by Gasteiger charge is 2.32. The van der Waals surface area contributed by atoms with Gasteiger partial charge in [0.15, 0.2) is 5.76 Å². The van der Waals surface area contributed by atoms with Gasteiger partial charge in [0.25, 0.3) is 5.91 Å². The third-order valence-corrected chi connectivity index (χ3v) is 4.59. The number of hydrogen-bond acceptors (Lipinski definition) is 2. The lowest BCUT2D eigenvalue weighted by Crippen LogP contribution is -2.13. The quantitative estimate of drug-likeness (QED) is 0.404. The van der Waals surface area contributed by atoms with Crippen LogP contribution in [0.4, 0.5) is 32.0 Å². The van der Waals surface area contributed by atoms with Gasteiger partial charge in [0, 0.05) is 5.56 Å². The van der Waals surface area contributed by atoms with Crippen LogP contribution < -0.4 is 5.32 Å². The Bertz CT molecular complexity index is 1110. The van der Waals surface area contributed by atoms with Gasteiger partial charge in [-0.15, -0.1) is 0 Å². The zero-order valence-corrected chi connectivity index (χ0v) is 16.0. The van der Waals surface area contributed by atoms with Gasteiger partial charge in [0.1, 0.15) is 5.76 Å². The summed E-state index contributed by atoms with van der Waals surface area (Å²) >= 11 is 11.8. The first kappa shape index (κ1) is 22.0. The number of halogens is 8. The van der Waals surface area contributed by atoms with Gasteiger partial charge in [-0.05, 0) is 48.5 Å². The molecule has 0 aliphatic carbocycles. The van der Waals surface area contributed by atoms with Crippen molar-refractivity contribution in [2.24, 2.45) is 0 Å². The van der Waals surface area contributed by atoms with E-state index in [-0.39, 0.29) is 32.8 Å². The largest absolute Gasteiger partial charge is 0.451 e. The monoisotopic (exact) mass is 467 g/mol. The minimum atomic E-state index is -4.65. The molecule has 1 aromatic heterocycles. The molecule has 1 N–H and O–H groups in total. The fourth-order valence-electron chi connectivity index (χ4n) is 2.48. The molecule has 0 spiro atoms. The van der Waals surface area contributed by atoms with Crippen LogP contribution in [0.2, 0.25) is 10.0 Å². The highest BCUT2D eigenvalue weighted by molar-refractivity contribution is 6.34. The maximum absolute atomic E-state index is 12.9. The van der Waals surface area contributed by atoms with Crippen molar-refractivity contribution < 1.29 is 35.6 Å². The van der Waals surface area contributed by atoms with Gasteiger partial charge in [0.2, 0.25) is 0 Å². The van der Waals surface area contributed by atoms with E-state index in [1.807, 2.05) is 0 Å². The minimum absolute atomic E-state index is 0.0507. The summed E-state index contributed by atoms with van der Waals surface area (Å²) in [7, 11) is 0. The number of benzene rings is 2. The van der Waals surface area contributed by atoms with Gasteiger partial charge in [0.05, 0.1) is 26.9 Å². The predicted octanol–water partition coefficient (Wildman–Crippen LogP) is 7.54. The lowest BCUT2D eigenvalue weighted by molar-refractivity contribution is -0.138. The summed E-state index contributed by atoms with van der Waals surface area (Å²) in [4.78, 5) is 12.3. The molecule has 0 saturated heterocycles. The Labute approximate surface area is 175 Å². The fourth-order valence-corrected chi connectivity index (χ4v) is 2.85. The summed E-state index contributed by atoms with van der Waals surface area (Å²) in [5, 5.41) is 1.98. The number of hydrogen-bond donors (Lipinski definition) is 1. The van der Waals surface area contributed by atoms with Gasteiger partial charge in [-0.1, -0.05) is 23.2 Å². The highest BCUT2D eigenvalue weighted by Crippen LogP contribution is 2.37. The van der Waals surface area contributed by atoms with Crippen LogP contribution in [0, 0.1) is 0 Å². The van der Waals surface area contributed by atoms with E-state index in [1.165, 1.54) is 6.07 Å². The molecule has 158 valence electrons. The Kier molecular flexibility index (Phi) is 5.79. The van der Waals surface area contributed by atoms with Crippen LogP contribution in [0.15, 0.2) is 52.9 Å². The van der Waals surface area contributed by atoms with Crippen LogP contribution in [-0.2, 0) is 12.4 Å². The maximum atomic E-state index is 12.9. The van der Waals surface area contributed by atoms with E-state index >= 15 is 0 Å². The normalized spacial score (nSPS) is 12.1. The van der Waals surface area contributed by atoms with Gasteiger partial charge in [-0.25, -0.2) is 0 Å². The van der Waals surface area contributed by atoms with Crippen molar-refractivity contribution in [1.29, 1.82) is 0 Å². The standard InChI is InChI=1S/C19H9Cl2F6NO2/c20-12-3-1-9(18(22,23)24)7-11(12)15-5-6-16(30-15)17(29)28-14-8-10(19(25,26)27)2-4-13(14)21/h1-8H,(H,28,29). The Morgan fingerprint density at radius 2 is 1.37 bits per heavy atom. The molecule has 11 heteroatoms. The van der Waals surface area contributed by atoms with Crippen LogP contribution in [0.1, 0.15) is 21.7 Å². The van der Waals surface area contributed by atoms with Crippen LogP contribution in [-0.4, -0.2) is 5.91 Å². The minimum Gasteiger partial charge on any atom is -0.451 e. The SMILES string of the molecule is O=C(Nc1cc(C(F)(F)F)ccc1Cl)c1ccc(-c2cc(C(F)(F)F)ccc2Cl)o1. The number of nitrogens with one attached hydrogen (secondary N) is 1. The summed E-state index contributed by atoms with van der Waals surface area (Å²) < 4.78 is 82.5. The molecule has 0 bridgehead atoms. The Hall–Kier alpha value is -2.65. The molecular formula is C19H9Cl2F6NO2. The van der Waals surface area contributed by atoms with Crippen molar-refractivity contribution in [3.8, 4) is 11.3 Å². The van der Waals surface area contributed by atoms with Crippen molar-refractivity contribution in [3.05, 3.63) is 75.5 Å². The fraction of sp³-hybridized carbons (Fsp3) is 0.105. The molecular weight excluding hydrogens is 459 g/mol. The second kappa shape index (κ2) is 7.88. The Morgan fingerprint density at radius 1 is 0.800 bits per heavy atom. The van der Waals surface area contributed by atoms with E-state index < -0.39 is 29.4 Å². The summed E-state index contributed by atoms with van der Waals surface area (Å²) in [5.41, 5.74) is -2.42. The number of rotatable bonds is 3. The molecule has 0 unspecified atom stereocenters. The van der Waals surface area contributed by atoms with Crippen LogP contribution in [0.5, 0.6) is 0 Å².